The molecule has 0 spiro atoms. The monoisotopic (exact) mass is 323 g/mol. The number of aryl methyl sites for hydroxylation is 1. The van der Waals surface area contributed by atoms with Crippen molar-refractivity contribution in [1.82, 2.24) is 14.9 Å². The smallest absolute Gasteiger partial charge is 0.342 e. The maximum atomic E-state index is 12.6. The number of nitrogens with zero attached hydrogens (tertiary/aromatic N) is 2. The van der Waals surface area contributed by atoms with Crippen molar-refractivity contribution >= 4 is 0 Å². The molecule has 1 aromatic carbocycles. The van der Waals surface area contributed by atoms with Crippen molar-refractivity contribution in [2.45, 2.75) is 38.9 Å². The summed E-state index contributed by atoms with van der Waals surface area (Å²) < 4.78 is 37.9. The van der Waals surface area contributed by atoms with Gasteiger partial charge in [-0.1, -0.05) is 18.6 Å². The Morgan fingerprint density at radius 1 is 1.09 bits per heavy atom. The predicted molar refractivity (Wildman–Crippen MR) is 82.9 cm³/mol. The van der Waals surface area contributed by atoms with Gasteiger partial charge in [0.2, 0.25) is 0 Å². The lowest BCUT2D eigenvalue weighted by Crippen LogP contribution is -2.29. The van der Waals surface area contributed by atoms with Gasteiger partial charge in [0.1, 0.15) is 5.82 Å². The molecule has 2 aromatic rings. The van der Waals surface area contributed by atoms with Gasteiger partial charge in [-0.2, -0.15) is 13.2 Å². The predicted octanol–water partition coefficient (Wildman–Crippen LogP) is 4.39. The number of halogens is 3. The lowest BCUT2D eigenvalue weighted by atomic mass is 10.1. The number of H-pyrrole nitrogens is 1. The van der Waals surface area contributed by atoms with E-state index in [0.29, 0.717) is 11.4 Å². The van der Waals surface area contributed by atoms with Crippen LogP contribution in [0.4, 0.5) is 13.2 Å². The van der Waals surface area contributed by atoms with Crippen molar-refractivity contribution in [3.8, 4) is 11.4 Å². The highest BCUT2D eigenvalue weighted by Crippen LogP contribution is 2.30. The van der Waals surface area contributed by atoms with Gasteiger partial charge < -0.3 is 4.98 Å². The molecule has 1 aromatic heterocycles. The van der Waals surface area contributed by atoms with Crippen molar-refractivity contribution in [2.75, 3.05) is 13.1 Å². The summed E-state index contributed by atoms with van der Waals surface area (Å²) in [6.45, 7) is 4.92. The van der Waals surface area contributed by atoms with Crippen molar-refractivity contribution < 1.29 is 13.2 Å². The van der Waals surface area contributed by atoms with E-state index in [1.807, 2.05) is 6.92 Å². The molecule has 3 rings (SSSR count). The lowest BCUT2D eigenvalue weighted by molar-refractivity contribution is -0.137. The number of aromatic nitrogens is 2. The molecule has 0 aliphatic carbocycles. The normalized spacial score (nSPS) is 16.7. The van der Waals surface area contributed by atoms with Crippen LogP contribution in [-0.2, 0) is 12.7 Å². The standard InChI is InChI=1S/C17H20F3N3/c1-12-15(11-23-9-3-2-4-10-23)22-16(21-12)13-5-7-14(8-6-13)17(18,19)20/h5-8H,2-4,9-11H2,1H3,(H,21,22). The number of imidazole rings is 1. The van der Waals surface area contributed by atoms with Crippen LogP contribution in [-0.4, -0.2) is 28.0 Å². The summed E-state index contributed by atoms with van der Waals surface area (Å²) in [7, 11) is 0. The number of benzene rings is 1. The highest BCUT2D eigenvalue weighted by molar-refractivity contribution is 5.56. The first-order valence-electron chi connectivity index (χ1n) is 7.89. The summed E-state index contributed by atoms with van der Waals surface area (Å²) in [5.74, 6) is 0.628. The van der Waals surface area contributed by atoms with E-state index in [9.17, 15) is 13.2 Å². The van der Waals surface area contributed by atoms with Crippen LogP contribution in [0, 0.1) is 6.92 Å². The fourth-order valence-corrected chi connectivity index (χ4v) is 2.93. The van der Waals surface area contributed by atoms with Gasteiger partial charge >= 0.3 is 6.18 Å². The molecule has 1 saturated heterocycles. The third-order valence-electron chi connectivity index (χ3n) is 4.29. The maximum Gasteiger partial charge on any atom is 0.416 e. The molecule has 23 heavy (non-hydrogen) atoms. The molecular formula is C17H20F3N3. The number of nitrogens with one attached hydrogen (secondary N) is 1. The van der Waals surface area contributed by atoms with Crippen LogP contribution >= 0.6 is 0 Å². The van der Waals surface area contributed by atoms with E-state index in [1.165, 1.54) is 31.4 Å². The highest BCUT2D eigenvalue weighted by atomic mass is 19.4. The van der Waals surface area contributed by atoms with E-state index in [2.05, 4.69) is 14.9 Å². The van der Waals surface area contributed by atoms with Gasteiger partial charge in [0.05, 0.1) is 11.3 Å². The minimum absolute atomic E-state index is 0.628. The topological polar surface area (TPSA) is 31.9 Å². The summed E-state index contributed by atoms with van der Waals surface area (Å²) in [5, 5.41) is 0. The van der Waals surface area contributed by atoms with Crippen molar-refractivity contribution in [3.63, 3.8) is 0 Å². The van der Waals surface area contributed by atoms with Crippen LogP contribution in [0.3, 0.4) is 0 Å². The van der Waals surface area contributed by atoms with Gasteiger partial charge in [0, 0.05) is 17.8 Å². The molecule has 1 fully saturated rings. The Morgan fingerprint density at radius 2 is 1.74 bits per heavy atom. The summed E-state index contributed by atoms with van der Waals surface area (Å²) in [4.78, 5) is 10.2. The Morgan fingerprint density at radius 3 is 2.35 bits per heavy atom. The second kappa shape index (κ2) is 6.35. The van der Waals surface area contributed by atoms with Crippen molar-refractivity contribution in [2.24, 2.45) is 0 Å². The largest absolute Gasteiger partial charge is 0.416 e. The SMILES string of the molecule is Cc1[nH]c(-c2ccc(C(F)(F)F)cc2)nc1CN1CCCCC1. The molecule has 1 N–H and O–H groups in total. The number of likely N-dealkylation sites (tertiary alicyclic amines) is 1. The minimum atomic E-state index is -4.31. The van der Waals surface area contributed by atoms with Gasteiger partial charge in [0.25, 0.3) is 0 Å². The number of piperidine rings is 1. The molecule has 1 aliphatic heterocycles. The number of aromatic amines is 1. The van der Waals surface area contributed by atoms with E-state index >= 15 is 0 Å². The number of alkyl halides is 3. The van der Waals surface area contributed by atoms with Crippen LogP contribution < -0.4 is 0 Å². The van der Waals surface area contributed by atoms with Crippen LogP contribution in [0.2, 0.25) is 0 Å². The van der Waals surface area contributed by atoms with E-state index in [0.717, 1.165) is 43.2 Å². The molecule has 3 nitrogen and oxygen atoms in total. The first kappa shape index (κ1) is 16.1. The van der Waals surface area contributed by atoms with Gasteiger partial charge in [-0.15, -0.1) is 0 Å². The van der Waals surface area contributed by atoms with Gasteiger partial charge in [-0.3, -0.25) is 4.90 Å². The molecule has 124 valence electrons. The summed E-state index contributed by atoms with van der Waals surface area (Å²) in [6.07, 6.45) is -0.589. The molecule has 1 aliphatic rings. The molecule has 0 amide bonds. The third-order valence-corrected chi connectivity index (χ3v) is 4.29. The fraction of sp³-hybridized carbons (Fsp3) is 0.471. The molecule has 6 heteroatoms. The van der Waals surface area contributed by atoms with Crippen LogP contribution in [0.5, 0.6) is 0 Å². The quantitative estimate of drug-likeness (QED) is 0.908. The second-order valence-corrected chi connectivity index (χ2v) is 6.07. The molecule has 0 radical (unpaired) electrons. The summed E-state index contributed by atoms with van der Waals surface area (Å²) in [5.41, 5.74) is 1.98. The Bertz CT molecular complexity index is 653. The van der Waals surface area contributed by atoms with Gasteiger partial charge in [0.15, 0.2) is 0 Å². The fourth-order valence-electron chi connectivity index (χ4n) is 2.93. The van der Waals surface area contributed by atoms with E-state index in [-0.39, 0.29) is 0 Å². The Kier molecular flexibility index (Phi) is 4.43. The van der Waals surface area contributed by atoms with Gasteiger partial charge in [-0.05, 0) is 45.0 Å². The summed E-state index contributed by atoms with van der Waals surface area (Å²) in [6, 6.07) is 5.12. The van der Waals surface area contributed by atoms with E-state index < -0.39 is 11.7 Å². The Balaban J connectivity index is 1.77. The molecule has 0 unspecified atom stereocenters. The average molecular weight is 323 g/mol. The van der Waals surface area contributed by atoms with E-state index in [4.69, 9.17) is 0 Å². The van der Waals surface area contributed by atoms with Gasteiger partial charge in [-0.25, -0.2) is 4.98 Å². The first-order chi connectivity index (χ1) is 10.9. The number of rotatable bonds is 3. The van der Waals surface area contributed by atoms with Crippen LogP contribution in [0.25, 0.3) is 11.4 Å². The second-order valence-electron chi connectivity index (χ2n) is 6.07. The maximum absolute atomic E-state index is 12.6. The molecule has 0 atom stereocenters. The molecular weight excluding hydrogens is 303 g/mol. The summed E-state index contributed by atoms with van der Waals surface area (Å²) >= 11 is 0. The zero-order valence-electron chi connectivity index (χ0n) is 13.1. The molecule has 0 saturated carbocycles. The molecule has 2 heterocycles. The van der Waals surface area contributed by atoms with Crippen molar-refractivity contribution in [3.05, 3.63) is 41.2 Å². The Labute approximate surface area is 133 Å². The molecule has 0 bridgehead atoms. The van der Waals surface area contributed by atoms with Crippen LogP contribution in [0.1, 0.15) is 36.2 Å². The lowest BCUT2D eigenvalue weighted by Gasteiger charge is -2.25. The zero-order valence-corrected chi connectivity index (χ0v) is 13.1. The average Bonchev–Trinajstić information content (AvgIpc) is 2.89. The Hall–Kier alpha value is -1.82. The minimum Gasteiger partial charge on any atom is -0.342 e. The van der Waals surface area contributed by atoms with Crippen molar-refractivity contribution in [1.29, 1.82) is 0 Å². The number of hydrogen-bond donors (Lipinski definition) is 1. The first-order valence-corrected chi connectivity index (χ1v) is 7.89. The highest BCUT2D eigenvalue weighted by Gasteiger charge is 2.30. The van der Waals surface area contributed by atoms with Crippen LogP contribution in [0.15, 0.2) is 24.3 Å². The van der Waals surface area contributed by atoms with E-state index in [1.54, 1.807) is 0 Å². The third kappa shape index (κ3) is 3.75. The zero-order chi connectivity index (χ0) is 16.4. The number of hydrogen-bond acceptors (Lipinski definition) is 2.